The van der Waals surface area contributed by atoms with Crippen LogP contribution in [0.25, 0.3) is 0 Å². The lowest BCUT2D eigenvalue weighted by Gasteiger charge is -2.15. The van der Waals surface area contributed by atoms with Crippen molar-refractivity contribution in [3.63, 3.8) is 0 Å². The first-order valence-corrected chi connectivity index (χ1v) is 15.3. The number of allylic oxidation sites excluding steroid dienone is 4. The first-order valence-electron chi connectivity index (χ1n) is 13.8. The summed E-state index contributed by atoms with van der Waals surface area (Å²) in [6.07, 6.45) is 21.3. The lowest BCUT2D eigenvalue weighted by Crippen LogP contribution is -2.27. The Morgan fingerprint density at radius 3 is 2.16 bits per heavy atom. The lowest BCUT2D eigenvalue weighted by atomic mass is 10.1. The van der Waals surface area contributed by atoms with E-state index < -0.39 is 26.5 Å². The van der Waals surface area contributed by atoms with Gasteiger partial charge in [-0.05, 0) is 44.9 Å². The van der Waals surface area contributed by atoms with E-state index in [0.29, 0.717) is 12.8 Å². The predicted molar refractivity (Wildman–Crippen MR) is 146 cm³/mol. The molecule has 37 heavy (non-hydrogen) atoms. The van der Waals surface area contributed by atoms with Crippen LogP contribution in [0, 0.1) is 0 Å². The van der Waals surface area contributed by atoms with Gasteiger partial charge in [0, 0.05) is 19.4 Å². The number of phosphoric ester groups is 1. The van der Waals surface area contributed by atoms with E-state index >= 15 is 0 Å². The fourth-order valence-corrected chi connectivity index (χ4v) is 4.02. The standard InChI is InChI=1S/C27H50NO8P/c1-3-5-6-7-8-9-10-11-12-13-14-15-16-17-18-20-26(30)28-21-22-35-37(32,33)36-24-25(29)23-34-27(31)19-4-2/h8-9,11-12,25,29H,3-7,10,13-24H2,1-2H3,(H,28,30)(H,32,33)/b9-8-,12-11-. The Morgan fingerprint density at radius 2 is 1.49 bits per heavy atom. The molecule has 0 rings (SSSR count). The molecule has 0 aliphatic rings. The van der Waals surface area contributed by atoms with Gasteiger partial charge in [-0.15, -0.1) is 0 Å². The van der Waals surface area contributed by atoms with Crippen LogP contribution in [0.15, 0.2) is 24.3 Å². The van der Waals surface area contributed by atoms with Crippen LogP contribution in [0.3, 0.4) is 0 Å². The highest BCUT2D eigenvalue weighted by Crippen LogP contribution is 2.42. The summed E-state index contributed by atoms with van der Waals surface area (Å²) >= 11 is 0. The van der Waals surface area contributed by atoms with Crippen LogP contribution in [0.2, 0.25) is 0 Å². The Kier molecular flexibility index (Phi) is 23.8. The zero-order valence-corrected chi connectivity index (χ0v) is 23.8. The first kappa shape index (κ1) is 35.5. The number of hydrogen-bond donors (Lipinski definition) is 3. The summed E-state index contributed by atoms with van der Waals surface area (Å²) in [5.41, 5.74) is 0. The van der Waals surface area contributed by atoms with E-state index in [4.69, 9.17) is 9.26 Å². The zero-order valence-electron chi connectivity index (χ0n) is 22.9. The molecule has 0 bridgehead atoms. The fourth-order valence-electron chi connectivity index (χ4n) is 3.27. The predicted octanol–water partition coefficient (Wildman–Crippen LogP) is 5.75. The highest BCUT2D eigenvalue weighted by molar-refractivity contribution is 7.47. The quantitative estimate of drug-likeness (QED) is 0.0569. The van der Waals surface area contributed by atoms with Crippen LogP contribution in [-0.2, 0) is 27.9 Å². The van der Waals surface area contributed by atoms with Gasteiger partial charge in [-0.1, -0.05) is 70.3 Å². The molecular formula is C27H50NO8P. The lowest BCUT2D eigenvalue weighted by molar-refractivity contribution is -0.147. The minimum absolute atomic E-state index is 0.0736. The van der Waals surface area contributed by atoms with Gasteiger partial charge in [-0.3, -0.25) is 18.6 Å². The van der Waals surface area contributed by atoms with Gasteiger partial charge in [-0.2, -0.15) is 0 Å². The third-order valence-corrected chi connectivity index (χ3v) is 6.34. The van der Waals surface area contributed by atoms with Crippen molar-refractivity contribution in [2.75, 3.05) is 26.4 Å². The van der Waals surface area contributed by atoms with Gasteiger partial charge in [0.25, 0.3) is 0 Å². The maximum Gasteiger partial charge on any atom is 0.472 e. The van der Waals surface area contributed by atoms with Gasteiger partial charge >= 0.3 is 13.8 Å². The molecule has 0 saturated heterocycles. The van der Waals surface area contributed by atoms with E-state index in [-0.39, 0.29) is 32.1 Å². The highest BCUT2D eigenvalue weighted by Gasteiger charge is 2.23. The van der Waals surface area contributed by atoms with Gasteiger partial charge in [0.05, 0.1) is 13.2 Å². The molecule has 0 heterocycles. The van der Waals surface area contributed by atoms with Crippen molar-refractivity contribution in [2.45, 2.75) is 110 Å². The monoisotopic (exact) mass is 547 g/mol. The topological polar surface area (TPSA) is 131 Å². The van der Waals surface area contributed by atoms with Crippen LogP contribution in [-0.4, -0.2) is 54.3 Å². The summed E-state index contributed by atoms with van der Waals surface area (Å²) in [7, 11) is -4.38. The maximum atomic E-state index is 11.9. The van der Waals surface area contributed by atoms with Gasteiger partial charge in [0.1, 0.15) is 12.7 Å². The van der Waals surface area contributed by atoms with Gasteiger partial charge in [0.2, 0.25) is 5.91 Å². The molecule has 0 fully saturated rings. The van der Waals surface area contributed by atoms with Gasteiger partial charge in [-0.25, -0.2) is 4.57 Å². The largest absolute Gasteiger partial charge is 0.472 e. The average molecular weight is 548 g/mol. The molecule has 2 unspecified atom stereocenters. The van der Waals surface area contributed by atoms with Gasteiger partial charge in [0.15, 0.2) is 0 Å². The number of ether oxygens (including phenoxy) is 1. The second-order valence-corrected chi connectivity index (χ2v) is 10.5. The molecular weight excluding hydrogens is 497 g/mol. The zero-order chi connectivity index (χ0) is 27.6. The number of carbonyl (C=O) groups is 2. The van der Waals surface area contributed by atoms with Crippen LogP contribution < -0.4 is 5.32 Å². The third kappa shape index (κ3) is 25.9. The molecule has 0 aliphatic heterocycles. The maximum absolute atomic E-state index is 11.9. The van der Waals surface area contributed by atoms with Crippen molar-refractivity contribution in [1.82, 2.24) is 5.32 Å². The molecule has 0 radical (unpaired) electrons. The van der Waals surface area contributed by atoms with Crippen molar-refractivity contribution in [1.29, 1.82) is 0 Å². The summed E-state index contributed by atoms with van der Waals surface area (Å²) in [5.74, 6) is -0.590. The Hall–Kier alpha value is -1.51. The number of hydrogen-bond acceptors (Lipinski definition) is 7. The fraction of sp³-hybridized carbons (Fsp3) is 0.778. The number of aliphatic hydroxyl groups is 1. The summed E-state index contributed by atoms with van der Waals surface area (Å²) in [6.45, 7) is 3.06. The SMILES string of the molecule is CCCCC/C=C\C/C=C\CCCCCCCC(=O)NCCOP(=O)(O)OCC(O)COC(=O)CCC. The van der Waals surface area contributed by atoms with Crippen molar-refractivity contribution in [2.24, 2.45) is 0 Å². The van der Waals surface area contributed by atoms with Gasteiger partial charge < -0.3 is 20.1 Å². The molecule has 3 N–H and O–H groups in total. The van der Waals surface area contributed by atoms with E-state index in [1.807, 2.05) is 6.92 Å². The molecule has 1 amide bonds. The van der Waals surface area contributed by atoms with Crippen molar-refractivity contribution < 1.29 is 37.9 Å². The number of esters is 1. The Bertz CT molecular complexity index is 683. The normalized spacial score (nSPS) is 14.2. The van der Waals surface area contributed by atoms with Crippen molar-refractivity contribution in [3.05, 3.63) is 24.3 Å². The molecule has 10 heteroatoms. The molecule has 0 saturated carbocycles. The van der Waals surface area contributed by atoms with E-state index in [0.717, 1.165) is 44.9 Å². The molecule has 2 atom stereocenters. The number of nitrogens with one attached hydrogen (secondary N) is 1. The number of rotatable bonds is 25. The summed E-state index contributed by atoms with van der Waals surface area (Å²) < 4.78 is 26.0. The Balaban J connectivity index is 3.62. The average Bonchev–Trinajstić information content (AvgIpc) is 2.86. The van der Waals surface area contributed by atoms with E-state index in [1.54, 1.807) is 0 Å². The minimum Gasteiger partial charge on any atom is -0.463 e. The second-order valence-electron chi connectivity index (χ2n) is 9.02. The molecule has 0 spiro atoms. The molecule has 0 aromatic heterocycles. The molecule has 0 aliphatic carbocycles. The molecule has 9 nitrogen and oxygen atoms in total. The summed E-state index contributed by atoms with van der Waals surface area (Å²) in [5, 5.41) is 12.3. The molecule has 0 aromatic rings. The van der Waals surface area contributed by atoms with Crippen LogP contribution in [0.1, 0.15) is 104 Å². The Labute approximate surface area is 223 Å². The van der Waals surface area contributed by atoms with Crippen LogP contribution >= 0.6 is 7.82 Å². The highest BCUT2D eigenvalue weighted by atomic mass is 31.2. The van der Waals surface area contributed by atoms with Crippen LogP contribution in [0.4, 0.5) is 0 Å². The number of amides is 1. The number of unbranched alkanes of at least 4 members (excludes halogenated alkanes) is 8. The van der Waals surface area contributed by atoms with Crippen molar-refractivity contribution in [3.8, 4) is 0 Å². The van der Waals surface area contributed by atoms with Crippen molar-refractivity contribution >= 4 is 19.7 Å². The van der Waals surface area contributed by atoms with E-state index in [1.165, 1.54) is 25.7 Å². The van der Waals surface area contributed by atoms with Crippen LogP contribution in [0.5, 0.6) is 0 Å². The molecule has 216 valence electrons. The molecule has 0 aromatic carbocycles. The first-order chi connectivity index (χ1) is 17.8. The summed E-state index contributed by atoms with van der Waals surface area (Å²) in [6, 6.07) is 0. The number of carbonyl (C=O) groups excluding carboxylic acids is 2. The van der Waals surface area contributed by atoms with E-state index in [2.05, 4.69) is 41.1 Å². The number of phosphoric acid groups is 1. The second kappa shape index (κ2) is 24.8. The van der Waals surface area contributed by atoms with E-state index in [9.17, 15) is 24.2 Å². The Morgan fingerprint density at radius 1 is 0.838 bits per heavy atom. The minimum atomic E-state index is -4.38. The third-order valence-electron chi connectivity index (χ3n) is 5.35. The smallest absolute Gasteiger partial charge is 0.463 e. The number of aliphatic hydroxyl groups excluding tert-OH is 1. The summed E-state index contributed by atoms with van der Waals surface area (Å²) in [4.78, 5) is 32.7.